The number of aryl methyl sites for hydroxylation is 1. The minimum Gasteiger partial charge on any atom is -0.326 e. The van der Waals surface area contributed by atoms with Crippen molar-refractivity contribution >= 4 is 11.3 Å². The van der Waals surface area contributed by atoms with Crippen molar-refractivity contribution in [1.82, 2.24) is 4.90 Å². The van der Waals surface area contributed by atoms with Gasteiger partial charge in [-0.2, -0.15) is 0 Å². The molecule has 0 saturated heterocycles. The van der Waals surface area contributed by atoms with Gasteiger partial charge in [0.1, 0.15) is 0 Å². The lowest BCUT2D eigenvalue weighted by Crippen LogP contribution is -2.39. The highest BCUT2D eigenvalue weighted by atomic mass is 32.1. The quantitative estimate of drug-likeness (QED) is 0.842. The Morgan fingerprint density at radius 1 is 1.53 bits per heavy atom. The summed E-state index contributed by atoms with van der Waals surface area (Å²) in [5.74, 6) is 0.923. The van der Waals surface area contributed by atoms with Gasteiger partial charge in [0.15, 0.2) is 0 Å². The highest BCUT2D eigenvalue weighted by molar-refractivity contribution is 7.10. The number of nitrogens with two attached hydrogens (primary N) is 1. The largest absolute Gasteiger partial charge is 0.326 e. The van der Waals surface area contributed by atoms with Crippen LogP contribution in [0, 0.1) is 12.8 Å². The van der Waals surface area contributed by atoms with Crippen molar-refractivity contribution in [2.75, 3.05) is 13.6 Å². The summed E-state index contributed by atoms with van der Waals surface area (Å²) in [4.78, 5) is 3.94. The zero-order valence-electron chi connectivity index (χ0n) is 11.1. The lowest BCUT2D eigenvalue weighted by molar-refractivity contribution is 0.204. The Labute approximate surface area is 109 Å². The van der Waals surface area contributed by atoms with E-state index in [1.165, 1.54) is 29.8 Å². The van der Waals surface area contributed by atoms with Crippen LogP contribution in [0.25, 0.3) is 0 Å². The molecular weight excluding hydrogens is 228 g/mol. The number of hydrogen-bond donors (Lipinski definition) is 1. The Morgan fingerprint density at radius 3 is 2.71 bits per heavy atom. The second-order valence-corrected chi connectivity index (χ2v) is 6.32. The summed E-state index contributed by atoms with van der Waals surface area (Å²) in [5.41, 5.74) is 7.73. The fourth-order valence-electron chi connectivity index (χ4n) is 2.45. The summed E-state index contributed by atoms with van der Waals surface area (Å²) < 4.78 is 0. The van der Waals surface area contributed by atoms with Crippen molar-refractivity contribution in [3.63, 3.8) is 0 Å². The minimum absolute atomic E-state index is 0.246. The zero-order chi connectivity index (χ0) is 12.4. The molecule has 2 nitrogen and oxygen atoms in total. The SMILES string of the molecule is CCC(N)C(c1sccc1C)N(C)CC1CC1. The Kier molecular flexibility index (Phi) is 4.23. The predicted octanol–water partition coefficient (Wildman–Crippen LogP) is 3.18. The third-order valence-electron chi connectivity index (χ3n) is 3.77. The van der Waals surface area contributed by atoms with E-state index in [9.17, 15) is 0 Å². The van der Waals surface area contributed by atoms with E-state index in [4.69, 9.17) is 5.73 Å². The Balaban J connectivity index is 2.14. The third kappa shape index (κ3) is 3.09. The van der Waals surface area contributed by atoms with Gasteiger partial charge >= 0.3 is 0 Å². The van der Waals surface area contributed by atoms with Gasteiger partial charge in [0.05, 0.1) is 6.04 Å². The lowest BCUT2D eigenvalue weighted by Gasteiger charge is -2.32. The van der Waals surface area contributed by atoms with E-state index in [1.54, 1.807) is 0 Å². The van der Waals surface area contributed by atoms with Gasteiger partial charge in [0.2, 0.25) is 0 Å². The number of nitrogens with zero attached hydrogens (tertiary/aromatic N) is 1. The molecule has 1 heterocycles. The van der Waals surface area contributed by atoms with Crippen LogP contribution in [0.1, 0.15) is 42.7 Å². The lowest BCUT2D eigenvalue weighted by atomic mass is 10.0. The molecule has 0 radical (unpaired) electrons. The first-order valence-corrected chi connectivity index (χ1v) is 7.51. The number of thiophene rings is 1. The first-order valence-electron chi connectivity index (χ1n) is 6.63. The van der Waals surface area contributed by atoms with E-state index >= 15 is 0 Å². The third-order valence-corrected chi connectivity index (χ3v) is 4.85. The molecule has 1 aliphatic rings. The summed E-state index contributed by atoms with van der Waals surface area (Å²) in [6.45, 7) is 5.59. The van der Waals surface area contributed by atoms with Gasteiger partial charge < -0.3 is 5.73 Å². The molecule has 0 amide bonds. The molecule has 1 aromatic heterocycles. The molecule has 1 fully saturated rings. The summed E-state index contributed by atoms with van der Waals surface area (Å²) in [5, 5.41) is 2.19. The molecule has 2 rings (SSSR count). The van der Waals surface area contributed by atoms with Gasteiger partial charge in [-0.1, -0.05) is 6.92 Å². The van der Waals surface area contributed by atoms with E-state index in [0.29, 0.717) is 6.04 Å². The van der Waals surface area contributed by atoms with Crippen molar-refractivity contribution in [2.45, 2.75) is 45.2 Å². The summed E-state index contributed by atoms with van der Waals surface area (Å²) in [6, 6.07) is 2.86. The van der Waals surface area contributed by atoms with Crippen molar-refractivity contribution in [3.8, 4) is 0 Å². The molecule has 2 unspecified atom stereocenters. The number of hydrogen-bond acceptors (Lipinski definition) is 3. The Bertz CT molecular complexity index is 357. The van der Waals surface area contributed by atoms with Crippen molar-refractivity contribution in [1.29, 1.82) is 0 Å². The monoisotopic (exact) mass is 252 g/mol. The van der Waals surface area contributed by atoms with E-state index in [2.05, 4.69) is 37.2 Å². The minimum atomic E-state index is 0.246. The second-order valence-electron chi connectivity index (χ2n) is 5.37. The maximum atomic E-state index is 6.34. The van der Waals surface area contributed by atoms with E-state index in [1.807, 2.05) is 11.3 Å². The number of rotatable bonds is 6. The first kappa shape index (κ1) is 13.1. The van der Waals surface area contributed by atoms with Crippen LogP contribution in [-0.4, -0.2) is 24.5 Å². The molecule has 1 saturated carbocycles. The highest BCUT2D eigenvalue weighted by Gasteiger charge is 2.30. The maximum absolute atomic E-state index is 6.34. The zero-order valence-corrected chi connectivity index (χ0v) is 12.0. The molecule has 1 aromatic rings. The second kappa shape index (κ2) is 5.51. The van der Waals surface area contributed by atoms with Gasteiger partial charge in [-0.3, -0.25) is 4.90 Å². The van der Waals surface area contributed by atoms with Gasteiger partial charge in [-0.25, -0.2) is 0 Å². The highest BCUT2D eigenvalue weighted by Crippen LogP contribution is 2.35. The smallest absolute Gasteiger partial charge is 0.0593 e. The fourth-order valence-corrected chi connectivity index (χ4v) is 3.62. The summed E-state index contributed by atoms with van der Waals surface area (Å²) in [6.07, 6.45) is 3.85. The Hall–Kier alpha value is -0.380. The summed E-state index contributed by atoms with van der Waals surface area (Å²) in [7, 11) is 2.23. The molecule has 2 atom stereocenters. The van der Waals surface area contributed by atoms with Crippen LogP contribution in [0.5, 0.6) is 0 Å². The molecule has 0 aromatic carbocycles. The van der Waals surface area contributed by atoms with E-state index in [0.717, 1.165) is 12.3 Å². The predicted molar refractivity (Wildman–Crippen MR) is 75.4 cm³/mol. The molecule has 96 valence electrons. The molecule has 17 heavy (non-hydrogen) atoms. The van der Waals surface area contributed by atoms with Crippen molar-refractivity contribution in [2.24, 2.45) is 11.7 Å². The normalized spacial score (nSPS) is 19.6. The van der Waals surface area contributed by atoms with Crippen LogP contribution in [0.4, 0.5) is 0 Å². The molecule has 2 N–H and O–H groups in total. The average molecular weight is 252 g/mol. The maximum Gasteiger partial charge on any atom is 0.0593 e. The first-order chi connectivity index (χ1) is 8.13. The Morgan fingerprint density at radius 2 is 2.24 bits per heavy atom. The molecule has 0 spiro atoms. The van der Waals surface area contributed by atoms with Crippen LogP contribution < -0.4 is 5.73 Å². The van der Waals surface area contributed by atoms with Crippen LogP contribution in [0.3, 0.4) is 0 Å². The van der Waals surface area contributed by atoms with Crippen LogP contribution in [-0.2, 0) is 0 Å². The molecule has 1 aliphatic carbocycles. The number of likely N-dealkylation sites (N-methyl/N-ethyl adjacent to an activating group) is 1. The molecular formula is C14H24N2S. The van der Waals surface area contributed by atoms with Crippen LogP contribution in [0.15, 0.2) is 11.4 Å². The topological polar surface area (TPSA) is 29.3 Å². The summed E-state index contributed by atoms with van der Waals surface area (Å²) >= 11 is 1.86. The van der Waals surface area contributed by atoms with Crippen molar-refractivity contribution < 1.29 is 0 Å². The van der Waals surface area contributed by atoms with Gasteiger partial charge in [0, 0.05) is 17.5 Å². The van der Waals surface area contributed by atoms with Gasteiger partial charge in [-0.05, 0) is 56.2 Å². The van der Waals surface area contributed by atoms with E-state index < -0.39 is 0 Å². The van der Waals surface area contributed by atoms with Gasteiger partial charge in [0.25, 0.3) is 0 Å². The fraction of sp³-hybridized carbons (Fsp3) is 0.714. The van der Waals surface area contributed by atoms with Gasteiger partial charge in [-0.15, -0.1) is 11.3 Å². The van der Waals surface area contributed by atoms with E-state index in [-0.39, 0.29) is 6.04 Å². The molecule has 0 aliphatic heterocycles. The van der Waals surface area contributed by atoms with Crippen molar-refractivity contribution in [3.05, 3.63) is 21.9 Å². The average Bonchev–Trinajstić information content (AvgIpc) is 3.02. The molecule has 0 bridgehead atoms. The van der Waals surface area contributed by atoms with Crippen LogP contribution in [0.2, 0.25) is 0 Å². The van der Waals surface area contributed by atoms with Crippen LogP contribution >= 0.6 is 11.3 Å². The standard InChI is InChI=1S/C14H24N2S/c1-4-12(15)13(14-10(2)7-8-17-14)16(3)9-11-5-6-11/h7-8,11-13H,4-6,9,15H2,1-3H3. The molecule has 3 heteroatoms.